The fraction of sp³-hybridized carbons (Fsp3) is 0.619. The zero-order valence-electron chi connectivity index (χ0n) is 16.4. The van der Waals surface area contributed by atoms with Crippen LogP contribution in [0.1, 0.15) is 45.6 Å². The topological polar surface area (TPSA) is 67.9 Å². The van der Waals surface area contributed by atoms with Gasteiger partial charge in [-0.3, -0.25) is 0 Å². The van der Waals surface area contributed by atoms with Crippen molar-refractivity contribution in [1.82, 2.24) is 10.2 Å². The van der Waals surface area contributed by atoms with E-state index in [4.69, 9.17) is 9.47 Å². The summed E-state index contributed by atoms with van der Waals surface area (Å²) in [7, 11) is 0. The standard InChI is InChI=1S/C21H30N2O4/c1-21(2,3)27-20(25)23-10-9-16-11-18(12-17(16)13-23)22-19(24)26-14-15-7-5-4-6-8-15/h4-8,16-18H,9-14H2,1-3H3,(H,22,24)/t16?,17-,18+/m0/s1. The van der Waals surface area contributed by atoms with E-state index >= 15 is 0 Å². The van der Waals surface area contributed by atoms with Gasteiger partial charge in [0.2, 0.25) is 0 Å². The maximum absolute atomic E-state index is 12.3. The molecule has 3 atom stereocenters. The molecule has 1 heterocycles. The van der Waals surface area contributed by atoms with Crippen LogP contribution in [0.4, 0.5) is 9.59 Å². The predicted molar refractivity (Wildman–Crippen MR) is 102 cm³/mol. The minimum atomic E-state index is -0.476. The second kappa shape index (κ2) is 8.19. The molecule has 1 aliphatic carbocycles. The first-order valence-corrected chi connectivity index (χ1v) is 9.75. The molecule has 1 aliphatic heterocycles. The van der Waals surface area contributed by atoms with E-state index in [2.05, 4.69) is 5.32 Å². The number of rotatable bonds is 3. The van der Waals surface area contributed by atoms with Crippen molar-refractivity contribution >= 4 is 12.2 Å². The molecule has 2 fully saturated rings. The Morgan fingerprint density at radius 1 is 1.15 bits per heavy atom. The Hall–Kier alpha value is -2.24. The lowest BCUT2D eigenvalue weighted by atomic mass is 9.89. The molecule has 2 amide bonds. The predicted octanol–water partition coefficient (Wildman–Crippen LogP) is 3.95. The Morgan fingerprint density at radius 2 is 1.85 bits per heavy atom. The minimum Gasteiger partial charge on any atom is -0.445 e. The first-order valence-electron chi connectivity index (χ1n) is 9.75. The highest BCUT2D eigenvalue weighted by atomic mass is 16.6. The van der Waals surface area contributed by atoms with Gasteiger partial charge in [0.1, 0.15) is 12.2 Å². The van der Waals surface area contributed by atoms with Crippen LogP contribution in [-0.4, -0.2) is 41.8 Å². The van der Waals surface area contributed by atoms with Crippen LogP contribution in [0.25, 0.3) is 0 Å². The van der Waals surface area contributed by atoms with E-state index in [1.54, 1.807) is 0 Å². The van der Waals surface area contributed by atoms with E-state index in [1.165, 1.54) is 0 Å². The molecule has 1 saturated carbocycles. The number of hydrogen-bond donors (Lipinski definition) is 1. The van der Waals surface area contributed by atoms with Crippen molar-refractivity contribution in [3.63, 3.8) is 0 Å². The van der Waals surface area contributed by atoms with Gasteiger partial charge in [-0.15, -0.1) is 0 Å². The van der Waals surface area contributed by atoms with Gasteiger partial charge >= 0.3 is 12.2 Å². The summed E-state index contributed by atoms with van der Waals surface area (Å²) < 4.78 is 10.8. The van der Waals surface area contributed by atoms with Crippen molar-refractivity contribution in [2.45, 2.75) is 58.3 Å². The molecule has 1 aromatic carbocycles. The van der Waals surface area contributed by atoms with Crippen LogP contribution in [0.2, 0.25) is 0 Å². The Kier molecular flexibility index (Phi) is 5.92. The highest BCUT2D eigenvalue weighted by Crippen LogP contribution is 2.38. The fourth-order valence-electron chi connectivity index (χ4n) is 4.03. The lowest BCUT2D eigenvalue weighted by molar-refractivity contribution is 0.0127. The van der Waals surface area contributed by atoms with Crippen molar-refractivity contribution in [3.8, 4) is 0 Å². The summed E-state index contributed by atoms with van der Waals surface area (Å²) in [5.74, 6) is 0.953. The summed E-state index contributed by atoms with van der Waals surface area (Å²) in [4.78, 5) is 26.2. The first kappa shape index (κ1) is 19.5. The number of amides is 2. The van der Waals surface area contributed by atoms with E-state index in [9.17, 15) is 9.59 Å². The summed E-state index contributed by atoms with van der Waals surface area (Å²) in [5, 5.41) is 2.99. The van der Waals surface area contributed by atoms with E-state index in [1.807, 2.05) is 56.0 Å². The average molecular weight is 374 g/mol. The highest BCUT2D eigenvalue weighted by molar-refractivity contribution is 5.68. The van der Waals surface area contributed by atoms with Crippen LogP contribution in [0, 0.1) is 11.8 Å². The SMILES string of the molecule is CC(C)(C)OC(=O)N1CCC2C[C@@H](NC(=O)OCc3ccccc3)C[C@H]2C1. The smallest absolute Gasteiger partial charge is 0.410 e. The molecule has 1 unspecified atom stereocenters. The molecule has 0 bridgehead atoms. The summed E-state index contributed by atoms with van der Waals surface area (Å²) in [5.41, 5.74) is 0.497. The van der Waals surface area contributed by atoms with Crippen molar-refractivity contribution in [1.29, 1.82) is 0 Å². The van der Waals surface area contributed by atoms with Crippen molar-refractivity contribution < 1.29 is 19.1 Å². The molecule has 148 valence electrons. The fourth-order valence-corrected chi connectivity index (χ4v) is 4.03. The van der Waals surface area contributed by atoms with Gasteiger partial charge < -0.3 is 19.7 Å². The summed E-state index contributed by atoms with van der Waals surface area (Å²) in [6.45, 7) is 7.35. The molecule has 0 radical (unpaired) electrons. The lowest BCUT2D eigenvalue weighted by Crippen LogP contribution is -2.44. The Labute approximate surface area is 161 Å². The third-order valence-corrected chi connectivity index (χ3v) is 5.25. The van der Waals surface area contributed by atoms with E-state index < -0.39 is 5.60 Å². The molecule has 27 heavy (non-hydrogen) atoms. The van der Waals surface area contributed by atoms with Gasteiger partial charge in [-0.05, 0) is 57.4 Å². The molecule has 2 aliphatic rings. The lowest BCUT2D eigenvalue weighted by Gasteiger charge is -2.35. The molecule has 1 N–H and O–H groups in total. The monoisotopic (exact) mass is 374 g/mol. The van der Waals surface area contributed by atoms with Gasteiger partial charge in [0, 0.05) is 19.1 Å². The van der Waals surface area contributed by atoms with Crippen LogP contribution >= 0.6 is 0 Å². The quantitative estimate of drug-likeness (QED) is 0.870. The molecule has 1 saturated heterocycles. The third-order valence-electron chi connectivity index (χ3n) is 5.25. The zero-order chi connectivity index (χ0) is 19.4. The minimum absolute atomic E-state index is 0.113. The van der Waals surface area contributed by atoms with Crippen LogP contribution < -0.4 is 5.32 Å². The van der Waals surface area contributed by atoms with Crippen molar-refractivity contribution in [2.24, 2.45) is 11.8 Å². The van der Waals surface area contributed by atoms with E-state index in [-0.39, 0.29) is 24.8 Å². The Morgan fingerprint density at radius 3 is 2.56 bits per heavy atom. The molecule has 6 heteroatoms. The first-order chi connectivity index (χ1) is 12.8. The molecule has 3 rings (SSSR count). The van der Waals surface area contributed by atoms with Crippen LogP contribution in [-0.2, 0) is 16.1 Å². The van der Waals surface area contributed by atoms with Crippen molar-refractivity contribution in [3.05, 3.63) is 35.9 Å². The maximum Gasteiger partial charge on any atom is 0.410 e. The summed E-state index contributed by atoms with van der Waals surface area (Å²) in [6.07, 6.45) is 2.19. The molecule has 6 nitrogen and oxygen atoms in total. The second-order valence-electron chi connectivity index (χ2n) is 8.61. The number of nitrogens with zero attached hydrogens (tertiary/aromatic N) is 1. The number of carbonyl (C=O) groups is 2. The second-order valence-corrected chi connectivity index (χ2v) is 8.61. The number of hydrogen-bond acceptors (Lipinski definition) is 4. The number of alkyl carbamates (subject to hydrolysis) is 1. The molecule has 1 aromatic rings. The third kappa shape index (κ3) is 5.62. The normalized spacial score (nSPS) is 24.9. The average Bonchev–Trinajstić information content (AvgIpc) is 3.00. The van der Waals surface area contributed by atoms with Gasteiger partial charge in [-0.25, -0.2) is 9.59 Å². The van der Waals surface area contributed by atoms with Gasteiger partial charge in [-0.1, -0.05) is 30.3 Å². The summed E-state index contributed by atoms with van der Waals surface area (Å²) >= 11 is 0. The zero-order valence-corrected chi connectivity index (χ0v) is 16.4. The van der Waals surface area contributed by atoms with E-state index in [0.29, 0.717) is 18.4 Å². The van der Waals surface area contributed by atoms with Crippen LogP contribution in [0.5, 0.6) is 0 Å². The molecular formula is C21H30N2O4. The van der Waals surface area contributed by atoms with Gasteiger partial charge in [0.25, 0.3) is 0 Å². The number of likely N-dealkylation sites (tertiary alicyclic amines) is 1. The van der Waals surface area contributed by atoms with Crippen LogP contribution in [0.15, 0.2) is 30.3 Å². The van der Waals surface area contributed by atoms with Gasteiger partial charge in [0.15, 0.2) is 0 Å². The number of piperidine rings is 1. The largest absolute Gasteiger partial charge is 0.445 e. The number of benzene rings is 1. The number of fused-ring (bicyclic) bond motifs is 1. The molecule has 0 spiro atoms. The molecular weight excluding hydrogens is 344 g/mol. The maximum atomic E-state index is 12.3. The Balaban J connectivity index is 1.44. The van der Waals surface area contributed by atoms with Crippen molar-refractivity contribution in [2.75, 3.05) is 13.1 Å². The summed E-state index contributed by atoms with van der Waals surface area (Å²) in [6, 6.07) is 9.76. The van der Waals surface area contributed by atoms with Crippen LogP contribution in [0.3, 0.4) is 0 Å². The van der Waals surface area contributed by atoms with Gasteiger partial charge in [0.05, 0.1) is 0 Å². The highest BCUT2D eigenvalue weighted by Gasteiger charge is 2.40. The van der Waals surface area contributed by atoms with Gasteiger partial charge in [-0.2, -0.15) is 0 Å². The number of nitrogens with one attached hydrogen (secondary N) is 1. The Bertz CT molecular complexity index is 656. The number of carbonyl (C=O) groups excluding carboxylic acids is 2. The van der Waals surface area contributed by atoms with E-state index in [0.717, 1.165) is 31.4 Å². The number of ether oxygens (including phenoxy) is 2. The molecule has 0 aromatic heterocycles.